The molecule has 1 aliphatic rings. The molecular formula is C22H22N2O6. The molecule has 2 N–H and O–H groups in total. The summed E-state index contributed by atoms with van der Waals surface area (Å²) in [6, 6.07) is 11.9. The van der Waals surface area contributed by atoms with Gasteiger partial charge in [0, 0.05) is 30.8 Å². The fourth-order valence-corrected chi connectivity index (χ4v) is 2.67. The number of carbonyl (C=O) groups is 3. The lowest BCUT2D eigenvalue weighted by molar-refractivity contribution is -0.142. The molecule has 0 bridgehead atoms. The first-order chi connectivity index (χ1) is 14.5. The standard InChI is InChI=1S/C22H22N2O6/c1-15(25)23-17-5-7-18(8-6-17)24-21(26)14-30-22(27)10-4-16-3-9-19-20(13-16)29-12-2-11-28-19/h3-10,13H,2,11-12,14H2,1H3,(H,23,25)(H,24,26)/b10-4+. The van der Waals surface area contributed by atoms with Crippen molar-refractivity contribution in [2.24, 2.45) is 0 Å². The van der Waals surface area contributed by atoms with Crippen molar-refractivity contribution >= 4 is 35.2 Å². The largest absolute Gasteiger partial charge is 0.490 e. The van der Waals surface area contributed by atoms with Gasteiger partial charge in [0.05, 0.1) is 13.2 Å². The van der Waals surface area contributed by atoms with E-state index in [-0.39, 0.29) is 5.91 Å². The Labute approximate surface area is 173 Å². The number of hydrogen-bond donors (Lipinski definition) is 2. The van der Waals surface area contributed by atoms with Crippen LogP contribution in [0.2, 0.25) is 0 Å². The summed E-state index contributed by atoms with van der Waals surface area (Å²) >= 11 is 0. The number of fused-ring (bicyclic) bond motifs is 1. The molecule has 1 heterocycles. The van der Waals surface area contributed by atoms with Gasteiger partial charge in [0.1, 0.15) is 0 Å². The molecule has 156 valence electrons. The number of ether oxygens (including phenoxy) is 3. The van der Waals surface area contributed by atoms with Gasteiger partial charge in [-0.3, -0.25) is 9.59 Å². The maximum absolute atomic E-state index is 11.9. The van der Waals surface area contributed by atoms with E-state index >= 15 is 0 Å². The second-order valence-electron chi connectivity index (χ2n) is 6.50. The van der Waals surface area contributed by atoms with Gasteiger partial charge in [0.25, 0.3) is 5.91 Å². The van der Waals surface area contributed by atoms with Crippen molar-refractivity contribution in [1.29, 1.82) is 0 Å². The van der Waals surface area contributed by atoms with E-state index in [9.17, 15) is 14.4 Å². The molecule has 0 saturated heterocycles. The van der Waals surface area contributed by atoms with Crippen molar-refractivity contribution in [3.63, 3.8) is 0 Å². The Hall–Kier alpha value is -3.81. The summed E-state index contributed by atoms with van der Waals surface area (Å²) in [7, 11) is 0. The Kier molecular flexibility index (Phi) is 7.05. The van der Waals surface area contributed by atoms with Gasteiger partial charge in [0.15, 0.2) is 18.1 Å². The van der Waals surface area contributed by atoms with E-state index in [1.807, 2.05) is 0 Å². The van der Waals surface area contributed by atoms with Gasteiger partial charge in [-0.15, -0.1) is 0 Å². The highest BCUT2D eigenvalue weighted by atomic mass is 16.5. The Morgan fingerprint density at radius 1 is 0.967 bits per heavy atom. The van der Waals surface area contributed by atoms with Crippen LogP contribution >= 0.6 is 0 Å². The van der Waals surface area contributed by atoms with Crippen LogP contribution in [0.4, 0.5) is 11.4 Å². The highest BCUT2D eigenvalue weighted by Crippen LogP contribution is 2.30. The Morgan fingerprint density at radius 2 is 1.63 bits per heavy atom. The van der Waals surface area contributed by atoms with E-state index in [1.165, 1.54) is 13.0 Å². The van der Waals surface area contributed by atoms with E-state index in [1.54, 1.807) is 48.5 Å². The highest BCUT2D eigenvalue weighted by molar-refractivity contribution is 5.95. The van der Waals surface area contributed by atoms with Gasteiger partial charge in [0.2, 0.25) is 5.91 Å². The summed E-state index contributed by atoms with van der Waals surface area (Å²) in [4.78, 5) is 34.8. The van der Waals surface area contributed by atoms with Crippen LogP contribution in [0.5, 0.6) is 11.5 Å². The highest BCUT2D eigenvalue weighted by Gasteiger charge is 2.10. The van der Waals surface area contributed by atoms with E-state index in [0.29, 0.717) is 36.1 Å². The normalized spacial score (nSPS) is 12.7. The topological polar surface area (TPSA) is 103 Å². The summed E-state index contributed by atoms with van der Waals surface area (Å²) in [5.41, 5.74) is 1.89. The number of anilines is 2. The van der Waals surface area contributed by atoms with Gasteiger partial charge >= 0.3 is 5.97 Å². The van der Waals surface area contributed by atoms with E-state index < -0.39 is 18.5 Å². The van der Waals surface area contributed by atoms with E-state index in [0.717, 1.165) is 12.0 Å². The second-order valence-corrected chi connectivity index (χ2v) is 6.50. The molecule has 0 aromatic heterocycles. The predicted molar refractivity (Wildman–Crippen MR) is 111 cm³/mol. The smallest absolute Gasteiger partial charge is 0.331 e. The molecule has 3 rings (SSSR count). The van der Waals surface area contributed by atoms with Gasteiger partial charge in [-0.25, -0.2) is 4.79 Å². The van der Waals surface area contributed by atoms with Crippen molar-refractivity contribution in [2.45, 2.75) is 13.3 Å². The molecule has 0 unspecified atom stereocenters. The molecule has 1 aliphatic heterocycles. The van der Waals surface area contributed by atoms with Crippen LogP contribution in [0.25, 0.3) is 6.08 Å². The second kappa shape index (κ2) is 10.1. The van der Waals surface area contributed by atoms with Crippen LogP contribution in [-0.2, 0) is 19.1 Å². The fraction of sp³-hybridized carbons (Fsp3) is 0.227. The number of carbonyl (C=O) groups excluding carboxylic acids is 3. The van der Waals surface area contributed by atoms with Crippen molar-refractivity contribution < 1.29 is 28.6 Å². The summed E-state index contributed by atoms with van der Waals surface area (Å²) < 4.78 is 16.1. The zero-order valence-corrected chi connectivity index (χ0v) is 16.5. The summed E-state index contributed by atoms with van der Waals surface area (Å²) in [6.45, 7) is 2.18. The molecule has 2 aromatic carbocycles. The minimum absolute atomic E-state index is 0.182. The SMILES string of the molecule is CC(=O)Nc1ccc(NC(=O)COC(=O)/C=C/c2ccc3c(c2)OCCCO3)cc1. The molecule has 0 atom stereocenters. The third-order valence-electron chi connectivity index (χ3n) is 4.02. The number of rotatable bonds is 6. The monoisotopic (exact) mass is 410 g/mol. The third kappa shape index (κ3) is 6.37. The molecule has 30 heavy (non-hydrogen) atoms. The van der Waals surface area contributed by atoms with Crippen LogP contribution < -0.4 is 20.1 Å². The predicted octanol–water partition coefficient (Wildman–Crippen LogP) is 3.00. The van der Waals surface area contributed by atoms with Crippen LogP contribution in [0, 0.1) is 0 Å². The lowest BCUT2D eigenvalue weighted by Crippen LogP contribution is -2.20. The fourth-order valence-electron chi connectivity index (χ4n) is 2.67. The first-order valence-electron chi connectivity index (χ1n) is 9.41. The maximum atomic E-state index is 11.9. The number of benzene rings is 2. The number of esters is 1. The Morgan fingerprint density at radius 3 is 2.33 bits per heavy atom. The van der Waals surface area contributed by atoms with Gasteiger partial charge in [-0.05, 0) is 48.0 Å². The van der Waals surface area contributed by atoms with Crippen LogP contribution in [0.15, 0.2) is 48.5 Å². The lowest BCUT2D eigenvalue weighted by atomic mass is 10.2. The van der Waals surface area contributed by atoms with Crippen molar-refractivity contribution in [3.05, 3.63) is 54.1 Å². The van der Waals surface area contributed by atoms with E-state index in [4.69, 9.17) is 14.2 Å². The molecule has 8 nitrogen and oxygen atoms in total. The molecule has 0 spiro atoms. The average Bonchev–Trinajstić information content (AvgIpc) is 2.97. The number of nitrogens with one attached hydrogen (secondary N) is 2. The zero-order valence-electron chi connectivity index (χ0n) is 16.5. The van der Waals surface area contributed by atoms with Gasteiger partial charge in [-0.2, -0.15) is 0 Å². The summed E-state index contributed by atoms with van der Waals surface area (Å²) in [5, 5.41) is 5.24. The molecule has 0 saturated carbocycles. The first kappa shape index (κ1) is 20.9. The minimum atomic E-state index is -0.640. The maximum Gasteiger partial charge on any atom is 0.331 e. The van der Waals surface area contributed by atoms with Crippen LogP contribution in [0.3, 0.4) is 0 Å². The zero-order chi connectivity index (χ0) is 21.3. The molecular weight excluding hydrogens is 388 g/mol. The van der Waals surface area contributed by atoms with Gasteiger partial charge < -0.3 is 24.8 Å². The van der Waals surface area contributed by atoms with Crippen molar-refractivity contribution in [1.82, 2.24) is 0 Å². The Balaban J connectivity index is 1.46. The molecule has 2 aromatic rings. The Bertz CT molecular complexity index is 953. The molecule has 0 fully saturated rings. The average molecular weight is 410 g/mol. The van der Waals surface area contributed by atoms with E-state index in [2.05, 4.69) is 10.6 Å². The molecule has 0 radical (unpaired) electrons. The molecule has 2 amide bonds. The lowest BCUT2D eigenvalue weighted by Gasteiger charge is -2.08. The minimum Gasteiger partial charge on any atom is -0.490 e. The number of hydrogen-bond acceptors (Lipinski definition) is 6. The first-order valence-corrected chi connectivity index (χ1v) is 9.41. The quantitative estimate of drug-likeness (QED) is 0.561. The molecule has 8 heteroatoms. The van der Waals surface area contributed by atoms with Crippen molar-refractivity contribution in [3.8, 4) is 11.5 Å². The molecule has 0 aliphatic carbocycles. The van der Waals surface area contributed by atoms with Gasteiger partial charge in [-0.1, -0.05) is 6.07 Å². The summed E-state index contributed by atoms with van der Waals surface area (Å²) in [6.07, 6.45) is 3.64. The number of amides is 2. The summed E-state index contributed by atoms with van der Waals surface area (Å²) in [5.74, 6) is 0.0114. The van der Waals surface area contributed by atoms with Crippen molar-refractivity contribution in [2.75, 3.05) is 30.5 Å². The third-order valence-corrected chi connectivity index (χ3v) is 4.02. The van der Waals surface area contributed by atoms with Crippen LogP contribution in [0.1, 0.15) is 18.9 Å². The van der Waals surface area contributed by atoms with Crippen LogP contribution in [-0.4, -0.2) is 37.6 Å².